The number of hydrogen-bond donors (Lipinski definition) is 0. The van der Waals surface area contributed by atoms with Crippen LogP contribution in [0.4, 0.5) is 0 Å². The van der Waals surface area contributed by atoms with Crippen molar-refractivity contribution >= 4 is 33.8 Å². The zero-order valence-electron chi connectivity index (χ0n) is 13.2. The number of thiophene rings is 1. The summed E-state index contributed by atoms with van der Waals surface area (Å²) >= 11 is 7.82. The van der Waals surface area contributed by atoms with Crippen molar-refractivity contribution in [2.75, 3.05) is 0 Å². The Morgan fingerprint density at radius 2 is 1.88 bits per heavy atom. The second-order valence-electron chi connectivity index (χ2n) is 5.61. The lowest BCUT2D eigenvalue weighted by Gasteiger charge is -2.13. The Bertz CT molecular complexity index is 1090. The molecule has 4 nitrogen and oxygen atoms in total. The van der Waals surface area contributed by atoms with Crippen molar-refractivity contribution in [2.45, 2.75) is 12.8 Å². The Morgan fingerprint density at radius 3 is 2.68 bits per heavy atom. The van der Waals surface area contributed by atoms with Gasteiger partial charge in [0.1, 0.15) is 5.82 Å². The summed E-state index contributed by atoms with van der Waals surface area (Å²) < 4.78 is 1.63. The minimum Gasteiger partial charge on any atom is -0.268 e. The van der Waals surface area contributed by atoms with Crippen LogP contribution in [0.15, 0.2) is 64.2 Å². The normalized spacial score (nSPS) is 11.1. The summed E-state index contributed by atoms with van der Waals surface area (Å²) in [5.41, 5.74) is 2.27. The van der Waals surface area contributed by atoms with Crippen LogP contribution in [0, 0.1) is 0 Å². The van der Waals surface area contributed by atoms with Gasteiger partial charge in [-0.3, -0.25) is 14.3 Å². The maximum Gasteiger partial charge on any atom is 0.266 e. The van der Waals surface area contributed by atoms with Gasteiger partial charge in [-0.25, -0.2) is 4.98 Å². The summed E-state index contributed by atoms with van der Waals surface area (Å²) in [7, 11) is 0. The number of rotatable bonds is 4. The molecule has 0 fully saturated rings. The molecule has 124 valence electrons. The maximum absolute atomic E-state index is 13.0. The van der Waals surface area contributed by atoms with Crippen molar-refractivity contribution in [3.63, 3.8) is 0 Å². The maximum atomic E-state index is 13.0. The number of benzene rings is 1. The summed E-state index contributed by atoms with van der Waals surface area (Å²) in [5.74, 6) is 0.689. The number of fused-ring (bicyclic) bond motifs is 1. The van der Waals surface area contributed by atoms with Gasteiger partial charge in [0.2, 0.25) is 0 Å². The van der Waals surface area contributed by atoms with Crippen molar-refractivity contribution in [1.82, 2.24) is 14.5 Å². The van der Waals surface area contributed by atoms with E-state index in [2.05, 4.69) is 4.98 Å². The third-order valence-electron chi connectivity index (χ3n) is 4.01. The van der Waals surface area contributed by atoms with Crippen molar-refractivity contribution in [3.05, 3.63) is 86.3 Å². The molecule has 0 saturated heterocycles. The van der Waals surface area contributed by atoms with Crippen LogP contribution in [0.2, 0.25) is 5.02 Å². The van der Waals surface area contributed by atoms with Crippen LogP contribution in [0.5, 0.6) is 0 Å². The van der Waals surface area contributed by atoms with Gasteiger partial charge in [-0.2, -0.15) is 0 Å². The van der Waals surface area contributed by atoms with Crippen LogP contribution in [-0.2, 0) is 12.8 Å². The zero-order valence-corrected chi connectivity index (χ0v) is 14.8. The molecule has 4 aromatic rings. The van der Waals surface area contributed by atoms with Crippen LogP contribution in [0.1, 0.15) is 11.5 Å². The van der Waals surface area contributed by atoms with E-state index in [1.807, 2.05) is 47.2 Å². The molecule has 3 aromatic heterocycles. The fourth-order valence-corrected chi connectivity index (χ4v) is 3.75. The van der Waals surface area contributed by atoms with Gasteiger partial charge in [0, 0.05) is 29.1 Å². The van der Waals surface area contributed by atoms with Crippen molar-refractivity contribution in [3.8, 4) is 5.69 Å². The molecule has 0 aliphatic rings. The van der Waals surface area contributed by atoms with Gasteiger partial charge in [-0.05, 0) is 30.7 Å². The number of pyridine rings is 1. The molecule has 0 spiro atoms. The Kier molecular flexibility index (Phi) is 4.34. The van der Waals surface area contributed by atoms with Crippen LogP contribution in [0.25, 0.3) is 16.6 Å². The molecule has 0 atom stereocenters. The lowest BCUT2D eigenvalue weighted by atomic mass is 10.2. The highest BCUT2D eigenvalue weighted by molar-refractivity contribution is 7.09. The van der Waals surface area contributed by atoms with E-state index < -0.39 is 0 Å². The number of aromatic nitrogens is 3. The molecule has 3 heterocycles. The van der Waals surface area contributed by atoms with Crippen LogP contribution < -0.4 is 5.56 Å². The predicted molar refractivity (Wildman–Crippen MR) is 102 cm³/mol. The quantitative estimate of drug-likeness (QED) is 0.541. The molecule has 6 heteroatoms. The van der Waals surface area contributed by atoms with Gasteiger partial charge in [0.05, 0.1) is 21.6 Å². The molecule has 0 bridgehead atoms. The fraction of sp³-hybridized carbons (Fsp3) is 0.105. The Labute approximate surface area is 153 Å². The van der Waals surface area contributed by atoms with E-state index in [4.69, 9.17) is 16.6 Å². The van der Waals surface area contributed by atoms with Crippen LogP contribution in [-0.4, -0.2) is 14.5 Å². The number of aryl methyl sites for hydroxylation is 2. The highest BCUT2D eigenvalue weighted by Gasteiger charge is 2.15. The first kappa shape index (κ1) is 16.0. The number of halogens is 1. The third kappa shape index (κ3) is 3.08. The highest BCUT2D eigenvalue weighted by Crippen LogP contribution is 2.22. The van der Waals surface area contributed by atoms with E-state index in [9.17, 15) is 4.79 Å². The lowest BCUT2D eigenvalue weighted by molar-refractivity contribution is 0.778. The highest BCUT2D eigenvalue weighted by atomic mass is 35.5. The average molecular weight is 368 g/mol. The Morgan fingerprint density at radius 1 is 1.04 bits per heavy atom. The van der Waals surface area contributed by atoms with E-state index in [-0.39, 0.29) is 5.56 Å². The molecule has 0 saturated carbocycles. The summed E-state index contributed by atoms with van der Waals surface area (Å²) in [6, 6.07) is 13.2. The average Bonchev–Trinajstić information content (AvgIpc) is 3.11. The standard InChI is InChI=1S/C19H14ClN3OS/c20-15-6-1-2-7-17(15)23-18(9-8-13-5-3-4-10-21-13)22-16-12-25-11-14(16)19(23)24/h1-7,10-12H,8-9H2. The largest absolute Gasteiger partial charge is 0.268 e. The van der Waals surface area contributed by atoms with Gasteiger partial charge in [-0.1, -0.05) is 29.8 Å². The molecular weight excluding hydrogens is 354 g/mol. The van der Waals surface area contributed by atoms with Crippen molar-refractivity contribution < 1.29 is 0 Å². The van der Waals surface area contributed by atoms with E-state index in [0.29, 0.717) is 34.8 Å². The summed E-state index contributed by atoms with van der Waals surface area (Å²) in [5, 5.41) is 4.88. The smallest absolute Gasteiger partial charge is 0.266 e. The minimum atomic E-state index is -0.0876. The first-order valence-electron chi connectivity index (χ1n) is 7.86. The zero-order chi connectivity index (χ0) is 17.2. The molecule has 4 rings (SSSR count). The molecule has 0 aliphatic heterocycles. The Hall–Kier alpha value is -2.50. The second kappa shape index (κ2) is 6.78. The number of hydrogen-bond acceptors (Lipinski definition) is 4. The van der Waals surface area contributed by atoms with E-state index >= 15 is 0 Å². The van der Waals surface area contributed by atoms with Gasteiger partial charge < -0.3 is 0 Å². The van der Waals surface area contributed by atoms with Gasteiger partial charge in [-0.15, -0.1) is 11.3 Å². The number of nitrogens with zero attached hydrogens (tertiary/aromatic N) is 3. The lowest BCUT2D eigenvalue weighted by Crippen LogP contribution is -2.24. The molecule has 0 N–H and O–H groups in total. The minimum absolute atomic E-state index is 0.0876. The van der Waals surface area contributed by atoms with Crippen molar-refractivity contribution in [1.29, 1.82) is 0 Å². The topological polar surface area (TPSA) is 47.8 Å². The third-order valence-corrected chi connectivity index (χ3v) is 5.06. The van der Waals surface area contributed by atoms with Gasteiger partial charge in [0.25, 0.3) is 5.56 Å². The van der Waals surface area contributed by atoms with Gasteiger partial charge >= 0.3 is 0 Å². The van der Waals surface area contributed by atoms with E-state index in [1.165, 1.54) is 11.3 Å². The summed E-state index contributed by atoms with van der Waals surface area (Å²) in [6.45, 7) is 0. The van der Waals surface area contributed by atoms with Crippen LogP contribution >= 0.6 is 22.9 Å². The molecule has 0 amide bonds. The summed E-state index contributed by atoms with van der Waals surface area (Å²) in [4.78, 5) is 22.1. The number of para-hydroxylation sites is 1. The molecule has 0 radical (unpaired) electrons. The molecule has 25 heavy (non-hydrogen) atoms. The first-order valence-corrected chi connectivity index (χ1v) is 9.19. The molecule has 0 unspecified atom stereocenters. The van der Waals surface area contributed by atoms with Gasteiger partial charge in [0.15, 0.2) is 0 Å². The second-order valence-corrected chi connectivity index (χ2v) is 6.76. The van der Waals surface area contributed by atoms with Crippen molar-refractivity contribution in [2.24, 2.45) is 0 Å². The first-order chi connectivity index (χ1) is 12.2. The molecular formula is C19H14ClN3OS. The monoisotopic (exact) mass is 367 g/mol. The van der Waals surface area contributed by atoms with Crippen LogP contribution in [0.3, 0.4) is 0 Å². The van der Waals surface area contributed by atoms with E-state index in [0.717, 1.165) is 11.2 Å². The predicted octanol–water partition coefficient (Wildman–Crippen LogP) is 4.28. The summed E-state index contributed by atoms with van der Waals surface area (Å²) in [6.07, 6.45) is 3.07. The SMILES string of the molecule is O=c1c2cscc2nc(CCc2ccccn2)n1-c1ccccc1Cl. The van der Waals surface area contributed by atoms with E-state index in [1.54, 1.807) is 16.8 Å². The fourth-order valence-electron chi connectivity index (χ4n) is 2.80. The molecule has 1 aromatic carbocycles. The Balaban J connectivity index is 1.86. The molecule has 0 aliphatic carbocycles.